The number of guanidine groups is 1. The molecule has 1 aromatic carbocycles. The van der Waals surface area contributed by atoms with E-state index in [1.165, 1.54) is 11.3 Å². The van der Waals surface area contributed by atoms with E-state index in [0.717, 1.165) is 11.3 Å². The van der Waals surface area contributed by atoms with Crippen LogP contribution >= 0.6 is 28.3 Å². The van der Waals surface area contributed by atoms with Crippen LogP contribution in [0, 0.1) is 5.41 Å². The maximum absolute atomic E-state index is 8.05. The summed E-state index contributed by atoms with van der Waals surface area (Å²) in [5.41, 5.74) is 1.58. The fraction of sp³-hybridized carbons (Fsp3) is 0.176. The molecule has 0 aliphatic carbocycles. The summed E-state index contributed by atoms with van der Waals surface area (Å²) >= 11 is 1.40. The molecule has 0 unspecified atom stereocenters. The summed E-state index contributed by atoms with van der Waals surface area (Å²) in [5.74, 6) is 2.24. The van der Waals surface area contributed by atoms with Gasteiger partial charge in [0.2, 0.25) is 0 Å². The molecule has 3 N–H and O–H groups in total. The van der Waals surface area contributed by atoms with Gasteiger partial charge in [0.05, 0.1) is 32.6 Å². The highest BCUT2D eigenvalue weighted by Gasteiger charge is 2.11. The zero-order valence-electron chi connectivity index (χ0n) is 14.2. The molecule has 3 rings (SSSR count). The van der Waals surface area contributed by atoms with Gasteiger partial charge in [-0.2, -0.15) is 0 Å². The van der Waals surface area contributed by atoms with Crippen molar-refractivity contribution in [1.82, 2.24) is 10.3 Å². The fourth-order valence-electron chi connectivity index (χ4n) is 2.30. The highest BCUT2D eigenvalue weighted by Crippen LogP contribution is 2.28. The second-order valence-electron chi connectivity index (χ2n) is 5.01. The van der Waals surface area contributed by atoms with Gasteiger partial charge in [0, 0.05) is 5.38 Å². The standard InChI is InChI=1S/C17H18N4O3S.BrH/c1-22-13-5-3-6-14(23-2)11(13)9-19-16(18)21-17-20-12(10-25-17)15-7-4-8-24-15;/h3-8,10H,9H2,1-2H3,(H3,18,19,20,21);1H. The number of furan rings is 1. The van der Waals surface area contributed by atoms with Gasteiger partial charge in [-0.1, -0.05) is 6.07 Å². The van der Waals surface area contributed by atoms with Gasteiger partial charge in [0.25, 0.3) is 0 Å². The average molecular weight is 439 g/mol. The molecule has 0 bridgehead atoms. The Morgan fingerprint density at radius 3 is 2.54 bits per heavy atom. The van der Waals surface area contributed by atoms with Crippen LogP contribution < -0.4 is 20.1 Å². The molecule has 0 aliphatic rings. The van der Waals surface area contributed by atoms with Gasteiger partial charge in [-0.3, -0.25) is 5.41 Å². The third kappa shape index (κ3) is 4.55. The third-order valence-corrected chi connectivity index (χ3v) is 4.24. The summed E-state index contributed by atoms with van der Waals surface area (Å²) in [6.07, 6.45) is 1.60. The summed E-state index contributed by atoms with van der Waals surface area (Å²) in [6.45, 7) is 0.384. The number of hydrogen-bond donors (Lipinski definition) is 3. The number of anilines is 1. The maximum Gasteiger partial charge on any atom is 0.195 e. The molecular formula is C17H19BrN4O3S. The summed E-state index contributed by atoms with van der Waals surface area (Å²) in [5, 5.41) is 16.5. The molecule has 7 nitrogen and oxygen atoms in total. The van der Waals surface area contributed by atoms with Crippen molar-refractivity contribution < 1.29 is 13.9 Å². The highest BCUT2D eigenvalue weighted by atomic mass is 79.9. The largest absolute Gasteiger partial charge is 0.496 e. The Hall–Kier alpha value is -2.52. The number of nitrogens with zero attached hydrogens (tertiary/aromatic N) is 1. The Kier molecular flexibility index (Phi) is 7.05. The molecular weight excluding hydrogens is 420 g/mol. The Labute approximate surface area is 165 Å². The number of thiazole rings is 1. The van der Waals surface area contributed by atoms with Gasteiger partial charge in [0.1, 0.15) is 17.2 Å². The van der Waals surface area contributed by atoms with Gasteiger partial charge >= 0.3 is 0 Å². The maximum atomic E-state index is 8.05. The van der Waals surface area contributed by atoms with E-state index in [4.69, 9.17) is 19.3 Å². The highest BCUT2D eigenvalue weighted by molar-refractivity contribution is 8.93. The summed E-state index contributed by atoms with van der Waals surface area (Å²) in [4.78, 5) is 4.40. The Balaban J connectivity index is 0.00000243. The summed E-state index contributed by atoms with van der Waals surface area (Å²) in [7, 11) is 3.21. The normalized spacial score (nSPS) is 9.92. The van der Waals surface area contributed by atoms with Crippen LogP contribution in [0.2, 0.25) is 0 Å². The first kappa shape index (κ1) is 19.8. The van der Waals surface area contributed by atoms with E-state index < -0.39 is 0 Å². The van der Waals surface area contributed by atoms with E-state index in [1.54, 1.807) is 20.5 Å². The molecule has 0 spiro atoms. The molecule has 0 radical (unpaired) electrons. The number of hydrogen-bond acceptors (Lipinski definition) is 6. The van der Waals surface area contributed by atoms with Gasteiger partial charge in [-0.15, -0.1) is 28.3 Å². The Bertz CT molecular complexity index is 829. The van der Waals surface area contributed by atoms with Gasteiger partial charge < -0.3 is 24.5 Å². The second-order valence-corrected chi connectivity index (χ2v) is 5.87. The molecule has 0 saturated carbocycles. The first-order valence-electron chi connectivity index (χ1n) is 7.50. The molecule has 0 atom stereocenters. The lowest BCUT2D eigenvalue weighted by Gasteiger charge is -2.14. The number of aromatic nitrogens is 1. The van der Waals surface area contributed by atoms with E-state index in [0.29, 0.717) is 28.9 Å². The molecule has 0 fully saturated rings. The lowest BCUT2D eigenvalue weighted by molar-refractivity contribution is 0.384. The smallest absolute Gasteiger partial charge is 0.195 e. The van der Waals surface area contributed by atoms with Crippen LogP contribution in [0.15, 0.2) is 46.4 Å². The quantitative estimate of drug-likeness (QED) is 0.395. The monoisotopic (exact) mass is 438 g/mol. The molecule has 2 heterocycles. The van der Waals surface area contributed by atoms with Crippen LogP contribution in [-0.4, -0.2) is 25.2 Å². The zero-order valence-corrected chi connectivity index (χ0v) is 16.8. The minimum atomic E-state index is 0. The van der Waals surface area contributed by atoms with E-state index in [-0.39, 0.29) is 22.9 Å². The predicted octanol–water partition coefficient (Wildman–Crippen LogP) is 4.13. The zero-order chi connectivity index (χ0) is 17.6. The molecule has 26 heavy (non-hydrogen) atoms. The minimum absolute atomic E-state index is 0. The predicted molar refractivity (Wildman–Crippen MR) is 108 cm³/mol. The molecule has 138 valence electrons. The number of methoxy groups -OCH3 is 2. The van der Waals surface area contributed by atoms with Crippen molar-refractivity contribution in [2.75, 3.05) is 19.5 Å². The van der Waals surface area contributed by atoms with Crippen LogP contribution in [0.3, 0.4) is 0 Å². The van der Waals surface area contributed by atoms with Crippen LogP contribution in [0.25, 0.3) is 11.5 Å². The van der Waals surface area contributed by atoms with E-state index in [1.807, 2.05) is 35.7 Å². The van der Waals surface area contributed by atoms with Crippen molar-refractivity contribution >= 4 is 39.4 Å². The van der Waals surface area contributed by atoms with Crippen LogP contribution in [0.5, 0.6) is 11.5 Å². The average Bonchev–Trinajstić information content (AvgIpc) is 3.31. The molecule has 0 saturated heterocycles. The second kappa shape index (κ2) is 9.25. The topological polar surface area (TPSA) is 92.4 Å². The molecule has 0 amide bonds. The van der Waals surface area contributed by atoms with Crippen LogP contribution in [0.4, 0.5) is 5.13 Å². The van der Waals surface area contributed by atoms with Crippen molar-refractivity contribution in [3.05, 3.63) is 47.5 Å². The number of benzene rings is 1. The number of rotatable bonds is 6. The van der Waals surface area contributed by atoms with Crippen LogP contribution in [-0.2, 0) is 6.54 Å². The lowest BCUT2D eigenvalue weighted by atomic mass is 10.1. The number of ether oxygens (including phenoxy) is 2. The van der Waals surface area contributed by atoms with Crippen molar-refractivity contribution in [2.45, 2.75) is 6.54 Å². The van der Waals surface area contributed by atoms with Crippen molar-refractivity contribution in [1.29, 1.82) is 5.41 Å². The molecule has 3 aromatic rings. The lowest BCUT2D eigenvalue weighted by Crippen LogP contribution is -2.29. The molecule has 9 heteroatoms. The van der Waals surface area contributed by atoms with Crippen LogP contribution in [0.1, 0.15) is 5.56 Å². The Morgan fingerprint density at radius 2 is 1.92 bits per heavy atom. The molecule has 2 aromatic heterocycles. The third-order valence-electron chi connectivity index (χ3n) is 3.48. The van der Waals surface area contributed by atoms with E-state index >= 15 is 0 Å². The summed E-state index contributed by atoms with van der Waals surface area (Å²) in [6, 6.07) is 9.22. The summed E-state index contributed by atoms with van der Waals surface area (Å²) < 4.78 is 16.0. The van der Waals surface area contributed by atoms with Crippen molar-refractivity contribution in [2.24, 2.45) is 0 Å². The number of halogens is 1. The first-order valence-corrected chi connectivity index (χ1v) is 8.38. The SMILES string of the molecule is Br.COc1cccc(OC)c1CNC(=N)Nc1nc(-c2ccco2)cs1. The molecule has 0 aliphatic heterocycles. The van der Waals surface area contributed by atoms with Crippen molar-refractivity contribution in [3.8, 4) is 23.0 Å². The number of nitrogens with one attached hydrogen (secondary N) is 3. The minimum Gasteiger partial charge on any atom is -0.496 e. The van der Waals surface area contributed by atoms with Gasteiger partial charge in [0.15, 0.2) is 16.9 Å². The Morgan fingerprint density at radius 1 is 1.19 bits per heavy atom. The van der Waals surface area contributed by atoms with E-state index in [9.17, 15) is 0 Å². The van der Waals surface area contributed by atoms with Gasteiger partial charge in [-0.05, 0) is 24.3 Å². The van der Waals surface area contributed by atoms with E-state index in [2.05, 4.69) is 15.6 Å². The first-order chi connectivity index (χ1) is 12.2. The van der Waals surface area contributed by atoms with Gasteiger partial charge in [-0.25, -0.2) is 4.98 Å². The van der Waals surface area contributed by atoms with Crippen molar-refractivity contribution in [3.63, 3.8) is 0 Å². The fourth-order valence-corrected chi connectivity index (χ4v) is 3.00.